The molecule has 0 N–H and O–H groups in total. The smallest absolute Gasteiger partial charge is 0.137 e. The molecule has 0 saturated carbocycles. The lowest BCUT2D eigenvalue weighted by Crippen LogP contribution is -2.12. The summed E-state index contributed by atoms with van der Waals surface area (Å²) >= 11 is 0. The van der Waals surface area contributed by atoms with Crippen molar-refractivity contribution in [2.24, 2.45) is 0 Å². The van der Waals surface area contributed by atoms with E-state index in [2.05, 4.69) is 144 Å². The van der Waals surface area contributed by atoms with Crippen LogP contribution in [0.15, 0.2) is 156 Å². The van der Waals surface area contributed by atoms with Gasteiger partial charge in [-0.3, -0.25) is 0 Å². The minimum Gasteiger partial charge on any atom is -0.456 e. The van der Waals surface area contributed by atoms with Crippen LogP contribution in [0.25, 0.3) is 54.6 Å². The second kappa shape index (κ2) is 9.14. The molecule has 0 aliphatic rings. The first-order valence-corrected chi connectivity index (χ1v) is 13.6. The molecule has 1 aromatic heterocycles. The van der Waals surface area contributed by atoms with Gasteiger partial charge in [0.05, 0.1) is 11.4 Å². The summed E-state index contributed by atoms with van der Waals surface area (Å²) in [6.45, 7) is 0. The summed E-state index contributed by atoms with van der Waals surface area (Å²) in [4.78, 5) is 2.39. The predicted molar refractivity (Wildman–Crippen MR) is 169 cm³/mol. The molecule has 188 valence electrons. The second-order valence-corrected chi connectivity index (χ2v) is 10.2. The van der Waals surface area contributed by atoms with Crippen LogP contribution in [0.5, 0.6) is 0 Å². The van der Waals surface area contributed by atoms with Crippen LogP contribution < -0.4 is 4.90 Å². The summed E-state index contributed by atoms with van der Waals surface area (Å²) in [6.07, 6.45) is 0. The number of nitrogens with zero attached hydrogens (tertiary/aromatic N) is 1. The third-order valence-corrected chi connectivity index (χ3v) is 7.81. The van der Waals surface area contributed by atoms with Crippen LogP contribution in [0.1, 0.15) is 0 Å². The maximum absolute atomic E-state index is 6.42. The lowest BCUT2D eigenvalue weighted by Gasteiger charge is -2.29. The fourth-order valence-electron chi connectivity index (χ4n) is 5.93. The molecule has 0 aliphatic carbocycles. The average molecular weight is 512 g/mol. The largest absolute Gasteiger partial charge is 0.456 e. The van der Waals surface area contributed by atoms with Gasteiger partial charge in [0, 0.05) is 22.0 Å². The third kappa shape index (κ3) is 3.65. The van der Waals surface area contributed by atoms with E-state index in [9.17, 15) is 0 Å². The molecule has 0 unspecified atom stereocenters. The summed E-state index contributed by atoms with van der Waals surface area (Å²) in [7, 11) is 0. The molecule has 0 aliphatic heterocycles. The van der Waals surface area contributed by atoms with Crippen molar-refractivity contribution in [3.8, 4) is 11.3 Å². The highest BCUT2D eigenvalue weighted by Crippen LogP contribution is 2.46. The molecule has 2 nitrogen and oxygen atoms in total. The Balaban J connectivity index is 1.46. The minimum absolute atomic E-state index is 0.854. The monoisotopic (exact) mass is 511 g/mol. The molecule has 0 amide bonds. The first-order valence-electron chi connectivity index (χ1n) is 13.6. The number of rotatable bonds is 4. The van der Waals surface area contributed by atoms with Gasteiger partial charge in [0.1, 0.15) is 11.3 Å². The van der Waals surface area contributed by atoms with Crippen LogP contribution in [0.3, 0.4) is 0 Å². The molecule has 2 heteroatoms. The molecular formula is C38H25NO. The highest BCUT2D eigenvalue weighted by atomic mass is 16.3. The van der Waals surface area contributed by atoms with Gasteiger partial charge in [0.2, 0.25) is 0 Å². The molecule has 1 heterocycles. The van der Waals surface area contributed by atoms with E-state index in [0.717, 1.165) is 39.4 Å². The third-order valence-electron chi connectivity index (χ3n) is 7.81. The van der Waals surface area contributed by atoms with Crippen LogP contribution in [0.4, 0.5) is 17.1 Å². The summed E-state index contributed by atoms with van der Waals surface area (Å²) in [5, 5.41) is 8.43. The second-order valence-electron chi connectivity index (χ2n) is 10.2. The normalized spacial score (nSPS) is 11.5. The summed E-state index contributed by atoms with van der Waals surface area (Å²) in [6, 6.07) is 53.8. The van der Waals surface area contributed by atoms with Gasteiger partial charge in [-0.15, -0.1) is 0 Å². The Labute approximate surface area is 232 Å². The van der Waals surface area contributed by atoms with E-state index < -0.39 is 0 Å². The zero-order valence-corrected chi connectivity index (χ0v) is 21.8. The maximum atomic E-state index is 6.42. The fraction of sp³-hybridized carbons (Fsp3) is 0. The Morgan fingerprint density at radius 2 is 1.05 bits per heavy atom. The van der Waals surface area contributed by atoms with Crippen molar-refractivity contribution in [3.63, 3.8) is 0 Å². The molecule has 0 radical (unpaired) electrons. The van der Waals surface area contributed by atoms with Crippen LogP contribution >= 0.6 is 0 Å². The van der Waals surface area contributed by atoms with E-state index in [1.807, 2.05) is 12.1 Å². The van der Waals surface area contributed by atoms with E-state index in [0.29, 0.717) is 0 Å². The first-order chi connectivity index (χ1) is 19.8. The van der Waals surface area contributed by atoms with Gasteiger partial charge >= 0.3 is 0 Å². The van der Waals surface area contributed by atoms with Crippen LogP contribution in [0.2, 0.25) is 0 Å². The number of para-hydroxylation sites is 2. The van der Waals surface area contributed by atoms with E-state index in [1.165, 1.54) is 32.3 Å². The number of benzene rings is 7. The molecule has 0 saturated heterocycles. The number of anilines is 3. The molecule has 0 spiro atoms. The van der Waals surface area contributed by atoms with Gasteiger partial charge in [-0.25, -0.2) is 0 Å². The quantitative estimate of drug-likeness (QED) is 0.218. The lowest BCUT2D eigenvalue weighted by molar-refractivity contribution is 0.631. The van der Waals surface area contributed by atoms with Gasteiger partial charge in [0.25, 0.3) is 0 Å². The topological polar surface area (TPSA) is 16.4 Å². The highest BCUT2D eigenvalue weighted by Gasteiger charge is 2.22. The summed E-state index contributed by atoms with van der Waals surface area (Å²) < 4.78 is 6.42. The SMILES string of the molecule is c1ccc(N(c2ccc3ccccc3c2)c2cc3ccccc3c3ccccc23)c(-c2cc3ccccc3o2)c1. The molecule has 40 heavy (non-hydrogen) atoms. The molecule has 0 fully saturated rings. The van der Waals surface area contributed by atoms with Crippen molar-refractivity contribution in [2.45, 2.75) is 0 Å². The molecule has 8 rings (SSSR count). The number of fused-ring (bicyclic) bond motifs is 5. The standard InChI is InChI=1S/C38H25NO/c1-2-12-27-23-30(22-21-26(27)11-1)39(36-24-28-13-3-5-15-31(28)32-16-6-7-17-33(32)36)35-19-9-8-18-34(35)38-25-29-14-4-10-20-37(29)40-38/h1-25H. The fourth-order valence-corrected chi connectivity index (χ4v) is 5.93. The molecule has 0 bridgehead atoms. The number of hydrogen-bond acceptors (Lipinski definition) is 2. The van der Waals surface area contributed by atoms with Crippen molar-refractivity contribution in [1.29, 1.82) is 0 Å². The van der Waals surface area contributed by atoms with Gasteiger partial charge in [-0.2, -0.15) is 0 Å². The van der Waals surface area contributed by atoms with Crippen molar-refractivity contribution >= 4 is 60.3 Å². The van der Waals surface area contributed by atoms with E-state index in [-0.39, 0.29) is 0 Å². The van der Waals surface area contributed by atoms with Gasteiger partial charge in [-0.1, -0.05) is 109 Å². The average Bonchev–Trinajstić information content (AvgIpc) is 3.46. The Morgan fingerprint density at radius 3 is 1.90 bits per heavy atom. The number of hydrogen-bond donors (Lipinski definition) is 0. The van der Waals surface area contributed by atoms with Crippen LogP contribution in [-0.4, -0.2) is 0 Å². The summed E-state index contributed by atoms with van der Waals surface area (Å²) in [5.74, 6) is 0.854. The van der Waals surface area contributed by atoms with E-state index in [1.54, 1.807) is 0 Å². The van der Waals surface area contributed by atoms with Crippen molar-refractivity contribution < 1.29 is 4.42 Å². The minimum atomic E-state index is 0.854. The van der Waals surface area contributed by atoms with Crippen molar-refractivity contribution in [2.75, 3.05) is 4.90 Å². The zero-order chi connectivity index (χ0) is 26.5. The van der Waals surface area contributed by atoms with Gasteiger partial charge < -0.3 is 9.32 Å². The van der Waals surface area contributed by atoms with Gasteiger partial charge in [0.15, 0.2) is 0 Å². The predicted octanol–water partition coefficient (Wildman–Crippen LogP) is 11.0. The molecule has 8 aromatic rings. The van der Waals surface area contributed by atoms with Crippen LogP contribution in [-0.2, 0) is 0 Å². The Kier molecular flexibility index (Phi) is 5.17. The summed E-state index contributed by atoms with van der Waals surface area (Å²) in [5.41, 5.74) is 5.23. The maximum Gasteiger partial charge on any atom is 0.137 e. The van der Waals surface area contributed by atoms with E-state index >= 15 is 0 Å². The van der Waals surface area contributed by atoms with Gasteiger partial charge in [-0.05, 0) is 69.4 Å². The number of furan rings is 1. The van der Waals surface area contributed by atoms with E-state index in [4.69, 9.17) is 4.42 Å². The van der Waals surface area contributed by atoms with Crippen molar-refractivity contribution in [3.05, 3.63) is 152 Å². The Morgan fingerprint density at radius 1 is 0.400 bits per heavy atom. The highest BCUT2D eigenvalue weighted by molar-refractivity contribution is 6.15. The Hall–Kier alpha value is -5.34. The van der Waals surface area contributed by atoms with Crippen LogP contribution in [0, 0.1) is 0 Å². The first kappa shape index (κ1) is 22.6. The van der Waals surface area contributed by atoms with Crippen molar-refractivity contribution in [1.82, 2.24) is 0 Å². The lowest BCUT2D eigenvalue weighted by atomic mass is 9.98. The molecule has 7 aromatic carbocycles. The molecular weight excluding hydrogens is 486 g/mol. The molecule has 0 atom stereocenters. The Bertz CT molecular complexity index is 2160. The zero-order valence-electron chi connectivity index (χ0n) is 21.8.